The first-order chi connectivity index (χ1) is 8.88. The zero-order valence-electron chi connectivity index (χ0n) is 11.8. The number of nitrogens with one attached hydrogen (secondary N) is 1. The van der Waals surface area contributed by atoms with Crippen LogP contribution in [-0.4, -0.2) is 28.3 Å². The lowest BCUT2D eigenvalue weighted by Crippen LogP contribution is -2.36. The summed E-state index contributed by atoms with van der Waals surface area (Å²) in [6, 6.07) is 6.93. The number of carbonyl (C=O) groups excluding carboxylic acids is 1. The summed E-state index contributed by atoms with van der Waals surface area (Å²) in [5, 5.41) is 21.7. The first-order valence-electron chi connectivity index (χ1n) is 6.63. The van der Waals surface area contributed by atoms with Crippen LogP contribution in [0.25, 0.3) is 0 Å². The summed E-state index contributed by atoms with van der Waals surface area (Å²) in [5.41, 5.74) is 1.05. The number of carbonyl (C=O) groups is 1. The van der Waals surface area contributed by atoms with Gasteiger partial charge in [0.05, 0.1) is 12.5 Å². The predicted octanol–water partition coefficient (Wildman–Crippen LogP) is 1.85. The molecule has 4 nitrogen and oxygen atoms in total. The highest BCUT2D eigenvalue weighted by Crippen LogP contribution is 2.11. The molecule has 0 heterocycles. The highest BCUT2D eigenvalue weighted by Gasteiger charge is 2.15. The van der Waals surface area contributed by atoms with Gasteiger partial charge >= 0.3 is 0 Å². The Hall–Kier alpha value is -1.55. The Kier molecular flexibility index (Phi) is 5.83. The molecule has 0 aliphatic carbocycles. The minimum absolute atomic E-state index is 0.00333. The van der Waals surface area contributed by atoms with Crippen molar-refractivity contribution in [2.45, 2.75) is 45.8 Å². The van der Waals surface area contributed by atoms with Gasteiger partial charge in [0.15, 0.2) is 0 Å². The summed E-state index contributed by atoms with van der Waals surface area (Å²) in [6.07, 6.45) is 0.238. The van der Waals surface area contributed by atoms with Crippen molar-refractivity contribution in [3.8, 4) is 5.75 Å². The van der Waals surface area contributed by atoms with Gasteiger partial charge in [-0.2, -0.15) is 0 Å². The molecule has 4 heteroatoms. The van der Waals surface area contributed by atoms with Gasteiger partial charge in [-0.1, -0.05) is 26.0 Å². The standard InChI is InChI=1S/C15H23NO3/c1-10(2)14(18)9-15(19)16-11(3)8-12-4-6-13(17)7-5-12/h4-7,10-11,14,17-18H,8-9H2,1-3H3,(H,16,19). The molecule has 0 saturated carbocycles. The summed E-state index contributed by atoms with van der Waals surface area (Å²) in [7, 11) is 0. The van der Waals surface area contributed by atoms with Gasteiger partial charge in [-0.25, -0.2) is 0 Å². The van der Waals surface area contributed by atoms with Crippen molar-refractivity contribution < 1.29 is 15.0 Å². The van der Waals surface area contributed by atoms with Crippen LogP contribution in [0, 0.1) is 5.92 Å². The van der Waals surface area contributed by atoms with E-state index in [1.807, 2.05) is 32.9 Å². The smallest absolute Gasteiger partial charge is 0.222 e. The number of amides is 1. The van der Waals surface area contributed by atoms with Crippen molar-refractivity contribution in [1.29, 1.82) is 0 Å². The molecule has 0 aromatic heterocycles. The minimum atomic E-state index is -0.596. The van der Waals surface area contributed by atoms with E-state index in [1.165, 1.54) is 0 Å². The fourth-order valence-corrected chi connectivity index (χ4v) is 1.80. The van der Waals surface area contributed by atoms with Gasteiger partial charge in [-0.05, 0) is 37.0 Å². The van der Waals surface area contributed by atoms with Gasteiger partial charge in [-0.3, -0.25) is 4.79 Å². The third kappa shape index (κ3) is 5.75. The number of aliphatic hydroxyl groups is 1. The van der Waals surface area contributed by atoms with Crippen LogP contribution >= 0.6 is 0 Å². The van der Waals surface area contributed by atoms with Gasteiger partial charge in [-0.15, -0.1) is 0 Å². The molecule has 1 rings (SSSR count). The van der Waals surface area contributed by atoms with Crippen molar-refractivity contribution in [1.82, 2.24) is 5.32 Å². The third-order valence-electron chi connectivity index (χ3n) is 3.05. The number of phenols is 1. The van der Waals surface area contributed by atoms with Crippen LogP contribution in [0.1, 0.15) is 32.8 Å². The molecule has 0 spiro atoms. The molecular formula is C15H23NO3. The quantitative estimate of drug-likeness (QED) is 0.735. The van der Waals surface area contributed by atoms with Gasteiger partial charge in [0.1, 0.15) is 5.75 Å². The molecule has 19 heavy (non-hydrogen) atoms. The van der Waals surface area contributed by atoms with E-state index in [0.29, 0.717) is 6.42 Å². The molecule has 0 bridgehead atoms. The van der Waals surface area contributed by atoms with Crippen LogP contribution < -0.4 is 5.32 Å². The lowest BCUT2D eigenvalue weighted by atomic mass is 10.0. The lowest BCUT2D eigenvalue weighted by Gasteiger charge is -2.17. The summed E-state index contributed by atoms with van der Waals surface area (Å²) in [4.78, 5) is 11.7. The minimum Gasteiger partial charge on any atom is -0.508 e. The molecule has 106 valence electrons. The second-order valence-corrected chi connectivity index (χ2v) is 5.35. The summed E-state index contributed by atoms with van der Waals surface area (Å²) in [5.74, 6) is 0.186. The molecule has 0 radical (unpaired) electrons. The zero-order chi connectivity index (χ0) is 14.4. The molecule has 1 aromatic rings. The molecule has 0 aliphatic heterocycles. The zero-order valence-corrected chi connectivity index (χ0v) is 11.8. The van der Waals surface area contributed by atoms with Gasteiger partial charge < -0.3 is 15.5 Å². The molecule has 2 atom stereocenters. The maximum Gasteiger partial charge on any atom is 0.222 e. The fraction of sp³-hybridized carbons (Fsp3) is 0.533. The molecule has 2 unspecified atom stereocenters. The van der Waals surface area contributed by atoms with Crippen LogP contribution in [0.4, 0.5) is 0 Å². The van der Waals surface area contributed by atoms with E-state index in [2.05, 4.69) is 5.32 Å². The summed E-state index contributed by atoms with van der Waals surface area (Å²) >= 11 is 0. The molecule has 0 fully saturated rings. The van der Waals surface area contributed by atoms with E-state index in [9.17, 15) is 15.0 Å². The predicted molar refractivity (Wildman–Crippen MR) is 74.9 cm³/mol. The van der Waals surface area contributed by atoms with Crippen LogP contribution in [0.15, 0.2) is 24.3 Å². The van der Waals surface area contributed by atoms with Gasteiger partial charge in [0.25, 0.3) is 0 Å². The summed E-state index contributed by atoms with van der Waals surface area (Å²) < 4.78 is 0. The Labute approximate surface area is 114 Å². The second-order valence-electron chi connectivity index (χ2n) is 5.35. The Morgan fingerprint density at radius 1 is 1.21 bits per heavy atom. The van der Waals surface area contributed by atoms with Gasteiger partial charge in [0, 0.05) is 6.04 Å². The Morgan fingerprint density at radius 3 is 2.32 bits per heavy atom. The number of phenolic OH excluding ortho intramolecular Hbond substituents is 1. The average molecular weight is 265 g/mol. The molecule has 3 N–H and O–H groups in total. The number of hydrogen-bond acceptors (Lipinski definition) is 3. The van der Waals surface area contributed by atoms with Crippen LogP contribution in [-0.2, 0) is 11.2 Å². The monoisotopic (exact) mass is 265 g/mol. The molecule has 0 aliphatic rings. The molecule has 1 amide bonds. The van der Waals surface area contributed by atoms with Crippen molar-refractivity contribution >= 4 is 5.91 Å². The lowest BCUT2D eigenvalue weighted by molar-refractivity contribution is -0.124. The van der Waals surface area contributed by atoms with Gasteiger partial charge in [0.2, 0.25) is 5.91 Å². The Bertz CT molecular complexity index is 400. The Balaban J connectivity index is 2.40. The first-order valence-corrected chi connectivity index (χ1v) is 6.63. The van der Waals surface area contributed by atoms with Crippen molar-refractivity contribution in [3.05, 3.63) is 29.8 Å². The Morgan fingerprint density at radius 2 is 1.79 bits per heavy atom. The maximum atomic E-state index is 11.7. The first kappa shape index (κ1) is 15.5. The van der Waals surface area contributed by atoms with Crippen molar-refractivity contribution in [2.75, 3.05) is 0 Å². The molecule has 0 saturated heterocycles. The summed E-state index contributed by atoms with van der Waals surface area (Å²) in [6.45, 7) is 5.70. The molecular weight excluding hydrogens is 242 g/mol. The van der Waals surface area contributed by atoms with E-state index in [0.717, 1.165) is 5.56 Å². The largest absolute Gasteiger partial charge is 0.508 e. The fourth-order valence-electron chi connectivity index (χ4n) is 1.80. The van der Waals surface area contributed by atoms with Crippen LogP contribution in [0.3, 0.4) is 0 Å². The van der Waals surface area contributed by atoms with E-state index in [1.54, 1.807) is 12.1 Å². The average Bonchev–Trinajstić information content (AvgIpc) is 2.31. The topological polar surface area (TPSA) is 69.6 Å². The van der Waals surface area contributed by atoms with E-state index in [-0.39, 0.29) is 30.0 Å². The highest BCUT2D eigenvalue weighted by atomic mass is 16.3. The van der Waals surface area contributed by atoms with Crippen LogP contribution in [0.2, 0.25) is 0 Å². The highest BCUT2D eigenvalue weighted by molar-refractivity contribution is 5.76. The number of hydrogen-bond donors (Lipinski definition) is 3. The number of aliphatic hydroxyl groups excluding tert-OH is 1. The van der Waals surface area contributed by atoms with Crippen LogP contribution in [0.5, 0.6) is 5.75 Å². The normalized spacial score (nSPS) is 14.2. The number of aromatic hydroxyl groups is 1. The van der Waals surface area contributed by atoms with Crippen molar-refractivity contribution in [3.63, 3.8) is 0 Å². The van der Waals surface area contributed by atoms with E-state index >= 15 is 0 Å². The van der Waals surface area contributed by atoms with E-state index < -0.39 is 6.10 Å². The second kappa shape index (κ2) is 7.14. The van der Waals surface area contributed by atoms with E-state index in [4.69, 9.17) is 0 Å². The SMILES string of the molecule is CC(Cc1ccc(O)cc1)NC(=O)CC(O)C(C)C. The number of rotatable bonds is 6. The third-order valence-corrected chi connectivity index (χ3v) is 3.05. The molecule has 1 aromatic carbocycles. The number of benzene rings is 1. The van der Waals surface area contributed by atoms with Crippen molar-refractivity contribution in [2.24, 2.45) is 5.92 Å². The maximum absolute atomic E-state index is 11.7.